The van der Waals surface area contributed by atoms with E-state index in [1.54, 1.807) is 0 Å². The highest BCUT2D eigenvalue weighted by molar-refractivity contribution is 5.66. The van der Waals surface area contributed by atoms with Crippen LogP contribution in [0.25, 0.3) is 0 Å². The maximum absolute atomic E-state index is 12.6. The van der Waals surface area contributed by atoms with Gasteiger partial charge < -0.3 is 9.47 Å². The largest absolute Gasteiger partial charge is 0.466 e. The van der Waals surface area contributed by atoms with Gasteiger partial charge in [0.25, 0.3) is 0 Å². The number of hydrogen-bond donors (Lipinski definition) is 0. The van der Waals surface area contributed by atoms with Crippen LogP contribution in [0.2, 0.25) is 0 Å². The first-order chi connectivity index (χ1) is 11.2. The lowest BCUT2D eigenvalue weighted by atomic mass is 9.62. The van der Waals surface area contributed by atoms with Crippen molar-refractivity contribution in [3.05, 3.63) is 35.4 Å². The summed E-state index contributed by atoms with van der Waals surface area (Å²) in [4.78, 5) is 22.0. The molecular formula is C17H19F3O4. The molecule has 1 aliphatic carbocycles. The number of halogens is 3. The lowest BCUT2D eigenvalue weighted by Gasteiger charge is -2.44. The van der Waals surface area contributed by atoms with Crippen LogP contribution in [-0.4, -0.2) is 25.2 Å². The molecule has 1 aliphatic rings. The molecule has 132 valence electrons. The topological polar surface area (TPSA) is 52.6 Å². The first-order valence-corrected chi connectivity index (χ1v) is 7.62. The molecule has 1 aromatic carbocycles. The molecule has 2 rings (SSSR count). The van der Waals surface area contributed by atoms with Crippen molar-refractivity contribution in [2.75, 3.05) is 13.2 Å². The van der Waals surface area contributed by atoms with Crippen molar-refractivity contribution < 1.29 is 32.2 Å². The minimum atomic E-state index is -4.37. The Kier molecular flexibility index (Phi) is 5.51. The summed E-state index contributed by atoms with van der Waals surface area (Å²) in [7, 11) is 0. The number of benzene rings is 1. The van der Waals surface area contributed by atoms with Gasteiger partial charge in [0.15, 0.2) is 0 Å². The Morgan fingerprint density at radius 1 is 1.04 bits per heavy atom. The van der Waals surface area contributed by atoms with Gasteiger partial charge in [0.2, 0.25) is 0 Å². The maximum Gasteiger partial charge on any atom is 0.416 e. The monoisotopic (exact) mass is 344 g/mol. The predicted octanol–water partition coefficient (Wildman–Crippen LogP) is 3.55. The van der Waals surface area contributed by atoms with Crippen molar-refractivity contribution in [2.45, 2.75) is 32.4 Å². The molecule has 0 unspecified atom stereocenters. The van der Waals surface area contributed by atoms with Gasteiger partial charge in [-0.1, -0.05) is 12.1 Å². The number of esters is 2. The summed E-state index contributed by atoms with van der Waals surface area (Å²) in [6, 6.07) is 5.02. The van der Waals surface area contributed by atoms with E-state index in [1.807, 2.05) is 0 Å². The molecule has 0 amide bonds. The van der Waals surface area contributed by atoms with E-state index in [0.29, 0.717) is 6.42 Å². The maximum atomic E-state index is 12.6. The van der Waals surface area contributed by atoms with Gasteiger partial charge in [-0.05, 0) is 30.0 Å². The Hall–Kier alpha value is -2.05. The second-order valence-electron chi connectivity index (χ2n) is 5.99. The van der Waals surface area contributed by atoms with E-state index < -0.39 is 17.7 Å². The van der Waals surface area contributed by atoms with Gasteiger partial charge in [-0.25, -0.2) is 0 Å². The number of carbonyl (C=O) groups is 2. The van der Waals surface area contributed by atoms with Crippen LogP contribution in [0.15, 0.2) is 24.3 Å². The number of ether oxygens (including phenoxy) is 2. The van der Waals surface area contributed by atoms with Crippen LogP contribution in [0, 0.1) is 11.8 Å². The molecule has 4 nitrogen and oxygen atoms in total. The van der Waals surface area contributed by atoms with Crippen LogP contribution in [0.3, 0.4) is 0 Å². The molecular weight excluding hydrogens is 325 g/mol. The van der Waals surface area contributed by atoms with Crippen LogP contribution in [0.4, 0.5) is 13.2 Å². The first-order valence-electron chi connectivity index (χ1n) is 7.62. The van der Waals surface area contributed by atoms with E-state index >= 15 is 0 Å². The minimum absolute atomic E-state index is 0.0211. The average molecular weight is 344 g/mol. The fourth-order valence-electron chi connectivity index (χ4n) is 2.99. The second kappa shape index (κ2) is 7.23. The number of hydrogen-bond acceptors (Lipinski definition) is 4. The van der Waals surface area contributed by atoms with Gasteiger partial charge in [-0.15, -0.1) is 0 Å². The summed E-state index contributed by atoms with van der Waals surface area (Å²) < 4.78 is 48.0. The van der Waals surface area contributed by atoms with Gasteiger partial charge in [0, 0.05) is 25.7 Å². The molecule has 1 aromatic rings. The molecule has 0 saturated heterocycles. The third-order valence-corrected chi connectivity index (χ3v) is 4.32. The molecule has 24 heavy (non-hydrogen) atoms. The van der Waals surface area contributed by atoms with Crippen LogP contribution in [0.5, 0.6) is 0 Å². The normalized spacial score (nSPS) is 23.3. The molecule has 0 spiro atoms. The van der Waals surface area contributed by atoms with E-state index in [4.69, 9.17) is 9.47 Å². The molecule has 7 heteroatoms. The molecule has 3 atom stereocenters. The molecule has 1 saturated carbocycles. The molecule has 0 aromatic heterocycles. The van der Waals surface area contributed by atoms with Crippen molar-refractivity contribution >= 4 is 11.9 Å². The van der Waals surface area contributed by atoms with Gasteiger partial charge in [0.1, 0.15) is 0 Å². The van der Waals surface area contributed by atoms with Crippen LogP contribution >= 0.6 is 0 Å². The van der Waals surface area contributed by atoms with E-state index in [1.165, 1.54) is 26.0 Å². The molecule has 0 N–H and O–H groups in total. The van der Waals surface area contributed by atoms with E-state index in [-0.39, 0.29) is 36.9 Å². The number of carbonyl (C=O) groups excluding carboxylic acids is 2. The van der Waals surface area contributed by atoms with Gasteiger partial charge in [-0.2, -0.15) is 13.2 Å². The summed E-state index contributed by atoms with van der Waals surface area (Å²) in [5.74, 6) is -0.878. The first kappa shape index (κ1) is 18.3. The Balaban J connectivity index is 2.07. The summed E-state index contributed by atoms with van der Waals surface area (Å²) in [6.45, 7) is 2.99. The molecule has 0 bridgehead atoms. The van der Waals surface area contributed by atoms with Crippen molar-refractivity contribution in [3.63, 3.8) is 0 Å². The van der Waals surface area contributed by atoms with E-state index in [9.17, 15) is 22.8 Å². The Morgan fingerprint density at radius 2 is 1.58 bits per heavy atom. The van der Waals surface area contributed by atoms with Crippen LogP contribution in [0.1, 0.15) is 37.3 Å². The van der Waals surface area contributed by atoms with E-state index in [2.05, 4.69) is 0 Å². The summed E-state index contributed by atoms with van der Waals surface area (Å²) in [5, 5.41) is 0. The van der Waals surface area contributed by atoms with Crippen molar-refractivity contribution in [1.82, 2.24) is 0 Å². The molecule has 1 fully saturated rings. The third-order valence-electron chi connectivity index (χ3n) is 4.32. The molecule has 0 radical (unpaired) electrons. The minimum Gasteiger partial charge on any atom is -0.466 e. The smallest absolute Gasteiger partial charge is 0.416 e. The highest BCUT2D eigenvalue weighted by Crippen LogP contribution is 2.48. The van der Waals surface area contributed by atoms with Crippen LogP contribution < -0.4 is 0 Å². The van der Waals surface area contributed by atoms with Crippen LogP contribution in [-0.2, 0) is 25.2 Å². The Labute approximate surface area is 137 Å². The quantitative estimate of drug-likeness (QED) is 0.767. The standard InChI is InChI=1S/C17H19F3O4/c1-10(21)23-8-13-7-15(16(13)9-24-11(2)22)12-3-5-14(6-4-12)17(18,19)20/h3-6,13,15-16H,7-9H2,1-2H3/t13-,15-,16+/m1/s1. The van der Waals surface area contributed by atoms with Crippen molar-refractivity contribution in [3.8, 4) is 0 Å². The summed E-state index contributed by atoms with van der Waals surface area (Å²) >= 11 is 0. The zero-order valence-electron chi connectivity index (χ0n) is 13.4. The average Bonchev–Trinajstić information content (AvgIpc) is 2.45. The fourth-order valence-corrected chi connectivity index (χ4v) is 2.99. The van der Waals surface area contributed by atoms with Gasteiger partial charge >= 0.3 is 18.1 Å². The van der Waals surface area contributed by atoms with Crippen molar-refractivity contribution in [1.29, 1.82) is 0 Å². The Morgan fingerprint density at radius 3 is 2.08 bits per heavy atom. The highest BCUT2D eigenvalue weighted by Gasteiger charge is 2.43. The summed E-state index contributed by atoms with van der Waals surface area (Å²) in [5.41, 5.74) is 0.0674. The third kappa shape index (κ3) is 4.49. The van der Waals surface area contributed by atoms with Gasteiger partial charge in [-0.3, -0.25) is 9.59 Å². The SMILES string of the molecule is CC(=O)OC[C@H]1C[C@H](c2ccc(C(F)(F)F)cc2)[C@H]1COC(C)=O. The molecule has 0 heterocycles. The number of rotatable bonds is 5. The van der Waals surface area contributed by atoms with Crippen molar-refractivity contribution in [2.24, 2.45) is 11.8 Å². The number of alkyl halides is 3. The van der Waals surface area contributed by atoms with Gasteiger partial charge in [0.05, 0.1) is 18.8 Å². The van der Waals surface area contributed by atoms with E-state index in [0.717, 1.165) is 17.7 Å². The zero-order valence-corrected chi connectivity index (χ0v) is 13.4. The highest BCUT2D eigenvalue weighted by atomic mass is 19.4. The lowest BCUT2D eigenvalue weighted by Crippen LogP contribution is -2.41. The molecule has 0 aliphatic heterocycles. The lowest BCUT2D eigenvalue weighted by molar-refractivity contribution is -0.151. The predicted molar refractivity (Wildman–Crippen MR) is 79.0 cm³/mol. The Bertz CT molecular complexity index is 595. The zero-order chi connectivity index (χ0) is 17.9. The summed E-state index contributed by atoms with van der Waals surface area (Å²) in [6.07, 6.45) is -3.70. The second-order valence-corrected chi connectivity index (χ2v) is 5.99. The fraction of sp³-hybridized carbons (Fsp3) is 0.529.